The Bertz CT molecular complexity index is 1290. The number of hydrogen-bond donors (Lipinski definition) is 1. The van der Waals surface area contributed by atoms with Crippen molar-refractivity contribution in [3.05, 3.63) is 71.3 Å². The van der Waals surface area contributed by atoms with Crippen LogP contribution in [-0.4, -0.2) is 87.2 Å². The van der Waals surface area contributed by atoms with Gasteiger partial charge in [0.1, 0.15) is 24.5 Å². The molecule has 4 atom stereocenters. The fraction of sp³-hybridized carbons (Fsp3) is 0.588. The lowest BCUT2D eigenvalue weighted by Gasteiger charge is -2.37. The van der Waals surface area contributed by atoms with Crippen LogP contribution < -0.4 is 15.0 Å². The van der Waals surface area contributed by atoms with Crippen molar-refractivity contribution in [3.63, 3.8) is 0 Å². The van der Waals surface area contributed by atoms with Gasteiger partial charge in [-0.05, 0) is 41.7 Å². The molecule has 10 heteroatoms. The number of nitrogens with zero attached hydrogens (tertiary/aromatic N) is 4. The minimum atomic E-state index is 0.0350. The van der Waals surface area contributed by atoms with E-state index in [2.05, 4.69) is 69.8 Å². The lowest BCUT2D eigenvalue weighted by atomic mass is 9.83. The third kappa shape index (κ3) is 8.79. The van der Waals surface area contributed by atoms with Crippen LogP contribution in [0.25, 0.3) is 0 Å². The lowest BCUT2D eigenvalue weighted by molar-refractivity contribution is 0.00271. The van der Waals surface area contributed by atoms with Crippen LogP contribution in [0, 0.1) is 5.92 Å². The Morgan fingerprint density at radius 1 is 1.05 bits per heavy atom. The third-order valence-electron chi connectivity index (χ3n) is 8.58. The number of piperidine rings is 1. The molecule has 2 aromatic carbocycles. The van der Waals surface area contributed by atoms with E-state index in [1.54, 1.807) is 20.5 Å². The number of methoxy groups -OCH3 is 2. The quantitative estimate of drug-likeness (QED) is 0.242. The van der Waals surface area contributed by atoms with Gasteiger partial charge in [-0.25, -0.2) is 0 Å². The zero-order valence-corrected chi connectivity index (χ0v) is 26.7. The van der Waals surface area contributed by atoms with Gasteiger partial charge in [0, 0.05) is 65.3 Å². The molecule has 1 aromatic heterocycles. The number of fused-ring (bicyclic) bond motifs is 1. The Balaban J connectivity index is 1.25. The highest BCUT2D eigenvalue weighted by molar-refractivity contribution is 5.61. The van der Waals surface area contributed by atoms with Gasteiger partial charge in [0.2, 0.25) is 0 Å². The number of ether oxygens (including phenoxy) is 5. The zero-order valence-electron chi connectivity index (χ0n) is 26.7. The van der Waals surface area contributed by atoms with Crippen molar-refractivity contribution in [2.75, 3.05) is 65.2 Å². The molecule has 2 aliphatic rings. The minimum absolute atomic E-state index is 0.0350. The average Bonchev–Trinajstić information content (AvgIpc) is 3.44. The number of nitrogens with one attached hydrogen (secondary N) is 1. The van der Waals surface area contributed by atoms with Crippen molar-refractivity contribution in [2.24, 2.45) is 13.0 Å². The van der Waals surface area contributed by atoms with Crippen molar-refractivity contribution < 1.29 is 23.7 Å². The van der Waals surface area contributed by atoms with Crippen LogP contribution in [0.4, 0.5) is 5.69 Å². The first-order chi connectivity index (χ1) is 21.5. The van der Waals surface area contributed by atoms with Gasteiger partial charge in [-0.2, -0.15) is 0 Å². The molecule has 44 heavy (non-hydrogen) atoms. The first kappa shape index (κ1) is 32.4. The summed E-state index contributed by atoms with van der Waals surface area (Å²) < 4.78 is 31.1. The van der Waals surface area contributed by atoms with Crippen LogP contribution in [0.3, 0.4) is 0 Å². The number of hydrogen-bond acceptors (Lipinski definition) is 9. The van der Waals surface area contributed by atoms with Gasteiger partial charge in [-0.3, -0.25) is 0 Å². The summed E-state index contributed by atoms with van der Waals surface area (Å²) in [6.07, 6.45) is 4.57. The Hall–Kier alpha value is -3.02. The predicted octanol–water partition coefficient (Wildman–Crippen LogP) is 4.12. The predicted molar refractivity (Wildman–Crippen MR) is 170 cm³/mol. The molecular formula is C34H49N5O5. The van der Waals surface area contributed by atoms with E-state index in [0.29, 0.717) is 39.0 Å². The molecule has 1 fully saturated rings. The molecule has 0 bridgehead atoms. The maximum absolute atomic E-state index is 6.70. The Morgan fingerprint density at radius 2 is 1.89 bits per heavy atom. The first-order valence-corrected chi connectivity index (χ1v) is 15.9. The third-order valence-corrected chi connectivity index (χ3v) is 8.58. The van der Waals surface area contributed by atoms with E-state index < -0.39 is 0 Å². The highest BCUT2D eigenvalue weighted by Gasteiger charge is 2.33. The zero-order chi connectivity index (χ0) is 30.7. The topological polar surface area (TPSA) is 92.1 Å². The van der Waals surface area contributed by atoms with Crippen LogP contribution in [-0.2, 0) is 45.6 Å². The van der Waals surface area contributed by atoms with Crippen molar-refractivity contribution in [2.45, 2.75) is 57.5 Å². The number of aryl methyl sites for hydroxylation is 1. The van der Waals surface area contributed by atoms with Gasteiger partial charge >= 0.3 is 0 Å². The molecule has 0 radical (unpaired) electrons. The van der Waals surface area contributed by atoms with E-state index in [-0.39, 0.29) is 18.1 Å². The monoisotopic (exact) mass is 607 g/mol. The fourth-order valence-electron chi connectivity index (χ4n) is 6.18. The molecule has 2 aliphatic heterocycles. The van der Waals surface area contributed by atoms with E-state index in [0.717, 1.165) is 68.3 Å². The Kier molecular flexibility index (Phi) is 12.0. The van der Waals surface area contributed by atoms with Crippen LogP contribution in [0.15, 0.2) is 48.8 Å². The van der Waals surface area contributed by atoms with E-state index >= 15 is 0 Å². The van der Waals surface area contributed by atoms with Gasteiger partial charge in [0.25, 0.3) is 0 Å². The van der Waals surface area contributed by atoms with Gasteiger partial charge < -0.3 is 38.5 Å². The highest BCUT2D eigenvalue weighted by Crippen LogP contribution is 2.35. The summed E-state index contributed by atoms with van der Waals surface area (Å²) in [6.45, 7) is 8.73. The van der Waals surface area contributed by atoms with Crippen LogP contribution in [0.2, 0.25) is 0 Å². The summed E-state index contributed by atoms with van der Waals surface area (Å²) in [5.74, 6) is 2.55. The maximum Gasteiger partial charge on any atom is 0.142 e. The Morgan fingerprint density at radius 3 is 2.66 bits per heavy atom. The molecule has 1 N–H and O–H groups in total. The maximum atomic E-state index is 6.70. The molecule has 5 rings (SSSR count). The van der Waals surface area contributed by atoms with Crippen LogP contribution in [0.5, 0.6) is 5.75 Å². The smallest absolute Gasteiger partial charge is 0.142 e. The lowest BCUT2D eigenvalue weighted by Crippen LogP contribution is -2.48. The van der Waals surface area contributed by atoms with Crippen LogP contribution >= 0.6 is 0 Å². The molecule has 3 heterocycles. The number of anilines is 1. The van der Waals surface area contributed by atoms with Gasteiger partial charge in [-0.1, -0.05) is 37.3 Å². The standard InChI is InChI=1S/C34H49N5O5/c1-25(20-41-4)21-42-22-26-6-9-28(10-7-26)30-17-29(18-34-37-36-24-38(34)2)35-19-33(30)44-23-27-8-11-32-31(16-27)39(13-15-43-32)12-5-14-40-3/h6-11,16,24-25,29-30,33,35H,5,12-15,17-23H2,1-4H3/t25?,29-,30-,33+/m1/s1. The van der Waals surface area contributed by atoms with Crippen molar-refractivity contribution in [3.8, 4) is 5.75 Å². The molecule has 10 nitrogen and oxygen atoms in total. The minimum Gasteiger partial charge on any atom is -0.490 e. The van der Waals surface area contributed by atoms with Crippen molar-refractivity contribution in [1.82, 2.24) is 20.1 Å². The molecule has 0 spiro atoms. The molecule has 0 saturated carbocycles. The van der Waals surface area contributed by atoms with Crippen molar-refractivity contribution >= 4 is 5.69 Å². The van der Waals surface area contributed by atoms with E-state index in [9.17, 15) is 0 Å². The summed E-state index contributed by atoms with van der Waals surface area (Å²) in [5, 5.41) is 12.1. The summed E-state index contributed by atoms with van der Waals surface area (Å²) in [4.78, 5) is 2.40. The SMILES string of the molecule is COCCCN1CCOc2ccc(CO[C@H]3CN[C@@H](Cc4nncn4C)C[C@@H]3c3ccc(COCC(C)COC)cc3)cc21. The number of benzene rings is 2. The van der Waals surface area contributed by atoms with E-state index in [1.807, 2.05) is 11.6 Å². The summed E-state index contributed by atoms with van der Waals surface area (Å²) in [6, 6.07) is 15.6. The summed E-state index contributed by atoms with van der Waals surface area (Å²) in [7, 11) is 5.48. The molecule has 3 aromatic rings. The second-order valence-electron chi connectivity index (χ2n) is 12.2. The molecule has 0 aliphatic carbocycles. The van der Waals surface area contributed by atoms with Crippen LogP contribution in [0.1, 0.15) is 48.2 Å². The molecular weight excluding hydrogens is 558 g/mol. The Labute approximate surface area is 262 Å². The van der Waals surface area contributed by atoms with E-state index in [1.165, 1.54) is 11.1 Å². The normalized spacial score (nSPS) is 20.7. The largest absolute Gasteiger partial charge is 0.490 e. The first-order valence-electron chi connectivity index (χ1n) is 15.9. The van der Waals surface area contributed by atoms with E-state index in [4.69, 9.17) is 23.7 Å². The summed E-state index contributed by atoms with van der Waals surface area (Å²) >= 11 is 0. The molecule has 240 valence electrons. The fourth-order valence-corrected chi connectivity index (χ4v) is 6.18. The van der Waals surface area contributed by atoms with Crippen molar-refractivity contribution in [1.29, 1.82) is 0 Å². The molecule has 1 unspecified atom stereocenters. The second-order valence-corrected chi connectivity index (χ2v) is 12.2. The van der Waals surface area contributed by atoms with Gasteiger partial charge in [0.15, 0.2) is 0 Å². The molecule has 0 amide bonds. The highest BCUT2D eigenvalue weighted by atomic mass is 16.5. The van der Waals surface area contributed by atoms with Gasteiger partial charge in [-0.15, -0.1) is 10.2 Å². The van der Waals surface area contributed by atoms with Gasteiger partial charge in [0.05, 0.1) is 44.8 Å². The summed E-state index contributed by atoms with van der Waals surface area (Å²) in [5.41, 5.74) is 4.76. The molecule has 1 saturated heterocycles. The average molecular weight is 608 g/mol. The number of aromatic nitrogens is 3. The number of rotatable bonds is 16. The second kappa shape index (κ2) is 16.3.